The van der Waals surface area contributed by atoms with Gasteiger partial charge in [-0.3, -0.25) is 9.59 Å². The zero-order valence-electron chi connectivity index (χ0n) is 14.1. The Labute approximate surface area is 161 Å². The number of anilines is 2. The van der Waals surface area contributed by atoms with Gasteiger partial charge in [0.15, 0.2) is 11.5 Å². The highest BCUT2D eigenvalue weighted by atomic mass is 32.2. The molecule has 2 aliphatic heterocycles. The van der Waals surface area contributed by atoms with E-state index in [1.807, 2.05) is 0 Å². The Morgan fingerprint density at radius 1 is 1.18 bits per heavy atom. The molecule has 10 heteroatoms. The Hall–Kier alpha value is -2.88. The lowest BCUT2D eigenvalue weighted by Crippen LogP contribution is -2.32. The lowest BCUT2D eigenvalue weighted by molar-refractivity contribution is -0.137. The van der Waals surface area contributed by atoms with Crippen LogP contribution in [0.4, 0.5) is 24.5 Å². The fourth-order valence-corrected chi connectivity index (χ4v) is 3.91. The topological polar surface area (TPSA) is 76.7 Å². The van der Waals surface area contributed by atoms with Crippen molar-refractivity contribution in [2.45, 2.75) is 22.7 Å². The number of fused-ring (bicyclic) bond motifs is 2. The second-order valence-electron chi connectivity index (χ2n) is 6.12. The summed E-state index contributed by atoms with van der Waals surface area (Å²) in [6.45, 7) is 0.112. The first-order valence-electron chi connectivity index (χ1n) is 8.18. The molecular formula is C18H13F3N2O4S. The average molecular weight is 410 g/mol. The van der Waals surface area contributed by atoms with Crippen molar-refractivity contribution in [2.75, 3.05) is 17.4 Å². The number of carbonyl (C=O) groups is 2. The van der Waals surface area contributed by atoms with Crippen molar-refractivity contribution < 1.29 is 32.2 Å². The minimum atomic E-state index is -4.49. The Morgan fingerprint density at radius 2 is 1.96 bits per heavy atom. The van der Waals surface area contributed by atoms with Crippen LogP contribution in [0.25, 0.3) is 0 Å². The van der Waals surface area contributed by atoms with Crippen molar-refractivity contribution in [1.82, 2.24) is 0 Å². The van der Waals surface area contributed by atoms with Crippen molar-refractivity contribution in [3.05, 3.63) is 42.0 Å². The summed E-state index contributed by atoms with van der Waals surface area (Å²) in [6, 6.07) is 8.06. The van der Waals surface area contributed by atoms with Gasteiger partial charge in [-0.05, 0) is 30.3 Å². The Morgan fingerprint density at radius 3 is 2.75 bits per heavy atom. The molecule has 0 bridgehead atoms. The van der Waals surface area contributed by atoms with Crippen LogP contribution < -0.4 is 20.1 Å². The smallest absolute Gasteiger partial charge is 0.416 e. The monoisotopic (exact) mass is 410 g/mol. The molecule has 0 radical (unpaired) electrons. The van der Waals surface area contributed by atoms with E-state index in [1.165, 1.54) is 6.07 Å². The minimum absolute atomic E-state index is 0.0947. The van der Waals surface area contributed by atoms with Crippen molar-refractivity contribution in [1.29, 1.82) is 0 Å². The van der Waals surface area contributed by atoms with Crippen LogP contribution in [-0.2, 0) is 15.8 Å². The van der Waals surface area contributed by atoms with Gasteiger partial charge in [0.2, 0.25) is 18.6 Å². The lowest BCUT2D eigenvalue weighted by atomic mass is 10.1. The molecule has 2 aromatic carbocycles. The summed E-state index contributed by atoms with van der Waals surface area (Å²) in [5.74, 6) is 0.173. The molecule has 0 spiro atoms. The molecule has 0 unspecified atom stereocenters. The summed E-state index contributed by atoms with van der Waals surface area (Å²) in [5, 5.41) is 4.37. The summed E-state index contributed by atoms with van der Waals surface area (Å²) in [4.78, 5) is 25.0. The third kappa shape index (κ3) is 3.72. The maximum atomic E-state index is 12.8. The predicted molar refractivity (Wildman–Crippen MR) is 95.5 cm³/mol. The van der Waals surface area contributed by atoms with E-state index in [-0.39, 0.29) is 18.9 Å². The Balaban J connectivity index is 1.43. The molecule has 0 saturated heterocycles. The molecule has 0 aromatic heterocycles. The molecule has 28 heavy (non-hydrogen) atoms. The van der Waals surface area contributed by atoms with Gasteiger partial charge in [0.1, 0.15) is 0 Å². The molecule has 0 saturated carbocycles. The highest BCUT2D eigenvalue weighted by Gasteiger charge is 2.34. The summed E-state index contributed by atoms with van der Waals surface area (Å²) in [7, 11) is 0. The first kappa shape index (κ1) is 18.5. The third-order valence-corrected chi connectivity index (χ3v) is 5.43. The molecule has 2 aromatic rings. The van der Waals surface area contributed by atoms with Crippen LogP contribution in [0, 0.1) is 0 Å². The van der Waals surface area contributed by atoms with Crippen LogP contribution in [0.2, 0.25) is 0 Å². The minimum Gasteiger partial charge on any atom is -0.454 e. The number of hydrogen-bond donors (Lipinski definition) is 2. The Kier molecular flexibility index (Phi) is 4.58. The van der Waals surface area contributed by atoms with Crippen LogP contribution in [0.5, 0.6) is 11.5 Å². The standard InChI is InChI=1S/C18H13F3N2O4S/c19-18(20,21)9-1-4-14-11(5-9)23-17(25)15(28-14)7-16(24)22-10-2-3-12-13(6-10)27-8-26-12/h1-6,15H,7-8H2,(H,22,24)(H,23,25)/t15-/m1/s1. The molecule has 0 fully saturated rings. The molecule has 2 N–H and O–H groups in total. The van der Waals surface area contributed by atoms with E-state index in [0.29, 0.717) is 22.1 Å². The molecule has 2 aliphatic rings. The maximum Gasteiger partial charge on any atom is 0.416 e. The zero-order chi connectivity index (χ0) is 19.9. The van der Waals surface area contributed by atoms with E-state index in [2.05, 4.69) is 10.6 Å². The number of benzene rings is 2. The van der Waals surface area contributed by atoms with Crippen LogP contribution in [-0.4, -0.2) is 23.9 Å². The highest BCUT2D eigenvalue weighted by Crippen LogP contribution is 2.41. The summed E-state index contributed by atoms with van der Waals surface area (Å²) in [6.07, 6.45) is -4.63. The number of carbonyl (C=O) groups excluding carboxylic acids is 2. The van der Waals surface area contributed by atoms with Crippen LogP contribution in [0.3, 0.4) is 0 Å². The molecule has 4 rings (SSSR count). The number of rotatable bonds is 3. The number of hydrogen-bond acceptors (Lipinski definition) is 5. The van der Waals surface area contributed by atoms with Crippen molar-refractivity contribution >= 4 is 35.0 Å². The molecule has 2 heterocycles. The van der Waals surface area contributed by atoms with Crippen molar-refractivity contribution in [2.24, 2.45) is 0 Å². The van der Waals surface area contributed by atoms with Crippen molar-refractivity contribution in [3.63, 3.8) is 0 Å². The lowest BCUT2D eigenvalue weighted by Gasteiger charge is -2.24. The summed E-state index contributed by atoms with van der Waals surface area (Å²) in [5.41, 5.74) is -0.255. The van der Waals surface area contributed by atoms with Gasteiger partial charge in [0.05, 0.1) is 16.5 Å². The van der Waals surface area contributed by atoms with Crippen LogP contribution >= 0.6 is 11.8 Å². The number of alkyl halides is 3. The maximum absolute atomic E-state index is 12.8. The van der Waals surface area contributed by atoms with Gasteiger partial charge in [-0.2, -0.15) is 13.2 Å². The van der Waals surface area contributed by atoms with Crippen LogP contribution in [0.15, 0.2) is 41.3 Å². The van der Waals surface area contributed by atoms with Gasteiger partial charge in [-0.15, -0.1) is 11.8 Å². The van der Waals surface area contributed by atoms with Gasteiger partial charge in [-0.1, -0.05) is 0 Å². The number of amides is 2. The van der Waals surface area contributed by atoms with Gasteiger partial charge in [-0.25, -0.2) is 0 Å². The van der Waals surface area contributed by atoms with Crippen molar-refractivity contribution in [3.8, 4) is 11.5 Å². The normalized spacial score (nSPS) is 17.7. The summed E-state index contributed by atoms with van der Waals surface area (Å²) < 4.78 is 48.8. The predicted octanol–water partition coefficient (Wildman–Crippen LogP) is 3.88. The number of thioether (sulfide) groups is 1. The van der Waals surface area contributed by atoms with Gasteiger partial charge < -0.3 is 20.1 Å². The molecular weight excluding hydrogens is 397 g/mol. The zero-order valence-corrected chi connectivity index (χ0v) is 14.9. The first-order chi connectivity index (χ1) is 13.3. The SMILES string of the molecule is O=C(C[C@H]1Sc2ccc(C(F)(F)F)cc2NC1=O)Nc1ccc2c(c1)OCO2. The fraction of sp³-hybridized carbons (Fsp3) is 0.222. The third-order valence-electron chi connectivity index (χ3n) is 4.15. The molecule has 0 aliphatic carbocycles. The molecule has 6 nitrogen and oxygen atoms in total. The number of nitrogens with one attached hydrogen (secondary N) is 2. The number of ether oxygens (including phenoxy) is 2. The highest BCUT2D eigenvalue weighted by molar-refractivity contribution is 8.01. The van der Waals surface area contributed by atoms with E-state index in [9.17, 15) is 22.8 Å². The fourth-order valence-electron chi connectivity index (χ4n) is 2.82. The van der Waals surface area contributed by atoms with Crippen LogP contribution in [0.1, 0.15) is 12.0 Å². The van der Waals surface area contributed by atoms with Gasteiger partial charge >= 0.3 is 6.18 Å². The van der Waals surface area contributed by atoms with Gasteiger partial charge in [0.25, 0.3) is 0 Å². The van der Waals surface area contributed by atoms with E-state index in [1.54, 1.807) is 18.2 Å². The largest absolute Gasteiger partial charge is 0.454 e. The molecule has 146 valence electrons. The second-order valence-corrected chi connectivity index (χ2v) is 7.37. The quantitative estimate of drug-likeness (QED) is 0.803. The average Bonchev–Trinajstić information content (AvgIpc) is 3.09. The van der Waals surface area contributed by atoms with E-state index >= 15 is 0 Å². The molecule has 2 amide bonds. The van der Waals surface area contributed by atoms with E-state index < -0.39 is 28.8 Å². The van der Waals surface area contributed by atoms with Gasteiger partial charge in [0, 0.05) is 23.1 Å². The summed E-state index contributed by atoms with van der Waals surface area (Å²) >= 11 is 1.06. The first-order valence-corrected chi connectivity index (χ1v) is 9.06. The number of halogens is 3. The Bertz CT molecular complexity index is 964. The van der Waals surface area contributed by atoms with E-state index in [0.717, 1.165) is 23.9 Å². The molecule has 1 atom stereocenters. The second kappa shape index (κ2) is 6.93. The van der Waals surface area contributed by atoms with E-state index in [4.69, 9.17) is 9.47 Å².